The zero-order chi connectivity index (χ0) is 8.06. The molecule has 3 heterocycles. The number of nitrogens with zero attached hydrogens (tertiary/aromatic N) is 1. The maximum atomic E-state index is 11.6. The summed E-state index contributed by atoms with van der Waals surface area (Å²) in [5.74, 6) is 0.591. The Morgan fingerprint density at radius 3 is 2.18 bits per heavy atom. The Bertz CT molecular complexity index is 197. The average Bonchev–Trinajstić information content (AvgIpc) is 2.01. The van der Waals surface area contributed by atoms with E-state index in [1.165, 1.54) is 0 Å². The molecule has 11 heavy (non-hydrogen) atoms. The summed E-state index contributed by atoms with van der Waals surface area (Å²) in [4.78, 5) is 13.7. The molecule has 0 radical (unpaired) electrons. The van der Waals surface area contributed by atoms with Gasteiger partial charge >= 0.3 is 0 Å². The van der Waals surface area contributed by atoms with Crippen LogP contribution in [0.25, 0.3) is 0 Å². The number of ketones is 1. The van der Waals surface area contributed by atoms with Gasteiger partial charge in [0.25, 0.3) is 0 Å². The van der Waals surface area contributed by atoms with E-state index in [2.05, 4.69) is 36.8 Å². The van der Waals surface area contributed by atoms with Crippen LogP contribution in [0.1, 0.15) is 12.8 Å². The second-order valence-electron chi connectivity index (χ2n) is 3.17. The summed E-state index contributed by atoms with van der Waals surface area (Å²) in [6.45, 7) is 2.07. The monoisotopic (exact) mass is 281 g/mol. The van der Waals surface area contributed by atoms with Crippen molar-refractivity contribution in [3.63, 3.8) is 0 Å². The Labute approximate surface area is 82.6 Å². The maximum absolute atomic E-state index is 11.6. The van der Waals surface area contributed by atoms with Crippen molar-refractivity contribution in [2.24, 2.45) is 5.92 Å². The van der Waals surface area contributed by atoms with Gasteiger partial charge < -0.3 is 0 Å². The quantitative estimate of drug-likeness (QED) is 0.498. The molecule has 0 amide bonds. The molecule has 0 aromatic heterocycles. The minimum Gasteiger partial charge on any atom is -0.295 e. The summed E-state index contributed by atoms with van der Waals surface area (Å²) >= 11 is 6.82. The lowest BCUT2D eigenvalue weighted by atomic mass is 9.87. The van der Waals surface area contributed by atoms with E-state index >= 15 is 0 Å². The highest BCUT2D eigenvalue weighted by Crippen LogP contribution is 2.43. The molecule has 3 aliphatic rings. The third-order valence-corrected chi connectivity index (χ3v) is 4.34. The lowest BCUT2D eigenvalue weighted by Crippen LogP contribution is -2.58. The Balaban J connectivity index is 2.30. The SMILES string of the molecule is O=C1C2CCN(CC2)C1(Br)Br. The number of alkyl halides is 2. The van der Waals surface area contributed by atoms with Gasteiger partial charge in [-0.3, -0.25) is 9.69 Å². The van der Waals surface area contributed by atoms with Crippen LogP contribution in [0.15, 0.2) is 0 Å². The summed E-state index contributed by atoms with van der Waals surface area (Å²) in [5, 5.41) is 0. The van der Waals surface area contributed by atoms with E-state index in [0.717, 1.165) is 25.9 Å². The highest BCUT2D eigenvalue weighted by atomic mass is 79.9. The smallest absolute Gasteiger partial charge is 0.191 e. The molecule has 2 bridgehead atoms. The van der Waals surface area contributed by atoms with Crippen LogP contribution in [0.5, 0.6) is 0 Å². The molecule has 2 nitrogen and oxygen atoms in total. The minimum atomic E-state index is -0.527. The van der Waals surface area contributed by atoms with Crippen LogP contribution in [-0.2, 0) is 4.79 Å². The van der Waals surface area contributed by atoms with Gasteiger partial charge in [0.2, 0.25) is 0 Å². The molecule has 0 N–H and O–H groups in total. The standard InChI is InChI=1S/C7H9Br2NO/c8-7(9)6(11)5-1-3-10(7)4-2-5/h5H,1-4H2. The number of hydrogen-bond acceptors (Lipinski definition) is 2. The number of rotatable bonds is 0. The third kappa shape index (κ3) is 1.11. The second kappa shape index (κ2) is 2.54. The molecule has 4 heteroatoms. The Morgan fingerprint density at radius 1 is 1.36 bits per heavy atom. The highest BCUT2D eigenvalue weighted by Gasteiger charge is 2.49. The molecule has 0 saturated carbocycles. The van der Waals surface area contributed by atoms with E-state index in [4.69, 9.17) is 0 Å². The zero-order valence-electron chi connectivity index (χ0n) is 6.02. The number of hydrogen-bond donors (Lipinski definition) is 0. The summed E-state index contributed by atoms with van der Waals surface area (Å²) in [7, 11) is 0. The van der Waals surface area contributed by atoms with Gasteiger partial charge in [-0.15, -0.1) is 0 Å². The van der Waals surface area contributed by atoms with E-state index in [-0.39, 0.29) is 0 Å². The summed E-state index contributed by atoms with van der Waals surface area (Å²) in [6, 6.07) is 0. The summed E-state index contributed by atoms with van der Waals surface area (Å²) in [6.07, 6.45) is 2.08. The number of halogens is 2. The second-order valence-corrected chi connectivity index (χ2v) is 6.53. The summed E-state index contributed by atoms with van der Waals surface area (Å²) in [5.41, 5.74) is 0. The first kappa shape index (κ1) is 8.20. The first-order chi connectivity index (χ1) is 5.12. The van der Waals surface area contributed by atoms with Crippen molar-refractivity contribution in [3.05, 3.63) is 0 Å². The first-order valence-corrected chi connectivity index (χ1v) is 5.38. The molecule has 3 saturated heterocycles. The maximum Gasteiger partial charge on any atom is 0.191 e. The predicted molar refractivity (Wildman–Crippen MR) is 49.9 cm³/mol. The molecule has 0 aromatic carbocycles. The van der Waals surface area contributed by atoms with Gasteiger partial charge in [-0.1, -0.05) is 0 Å². The van der Waals surface area contributed by atoms with Crippen LogP contribution in [0.3, 0.4) is 0 Å². The van der Waals surface area contributed by atoms with Crippen LogP contribution in [-0.4, -0.2) is 27.1 Å². The van der Waals surface area contributed by atoms with E-state index in [1.54, 1.807) is 0 Å². The molecule has 0 atom stereocenters. The van der Waals surface area contributed by atoms with Crippen LogP contribution in [0.4, 0.5) is 0 Å². The number of fused-ring (bicyclic) bond motifs is 3. The zero-order valence-corrected chi connectivity index (χ0v) is 9.19. The van der Waals surface area contributed by atoms with Crippen LogP contribution in [0, 0.1) is 5.92 Å². The lowest BCUT2D eigenvalue weighted by Gasteiger charge is -2.46. The Morgan fingerprint density at radius 2 is 1.91 bits per heavy atom. The average molecular weight is 283 g/mol. The molecule has 3 aliphatic heterocycles. The molecular formula is C7H9Br2NO. The molecule has 3 fully saturated rings. The normalized spacial score (nSPS) is 41.1. The molecule has 62 valence electrons. The van der Waals surface area contributed by atoms with Gasteiger partial charge in [-0.05, 0) is 44.7 Å². The molecule has 3 rings (SSSR count). The largest absolute Gasteiger partial charge is 0.295 e. The van der Waals surface area contributed by atoms with Crippen LogP contribution < -0.4 is 0 Å². The lowest BCUT2D eigenvalue weighted by molar-refractivity contribution is -0.133. The van der Waals surface area contributed by atoms with Crippen molar-refractivity contribution < 1.29 is 4.79 Å². The summed E-state index contributed by atoms with van der Waals surface area (Å²) < 4.78 is -0.527. The number of carbonyl (C=O) groups is 1. The fourth-order valence-corrected chi connectivity index (χ4v) is 3.18. The van der Waals surface area contributed by atoms with Crippen molar-refractivity contribution in [2.75, 3.05) is 13.1 Å². The molecule has 0 aliphatic carbocycles. The highest BCUT2D eigenvalue weighted by molar-refractivity contribution is 9.25. The fourth-order valence-electron chi connectivity index (χ4n) is 1.82. The van der Waals surface area contributed by atoms with Crippen LogP contribution >= 0.6 is 31.9 Å². The van der Waals surface area contributed by atoms with Gasteiger partial charge in [0.1, 0.15) is 0 Å². The van der Waals surface area contributed by atoms with Crippen molar-refractivity contribution >= 4 is 37.6 Å². The molecule has 0 unspecified atom stereocenters. The number of carbonyl (C=O) groups excluding carboxylic acids is 1. The van der Waals surface area contributed by atoms with Crippen molar-refractivity contribution in [3.8, 4) is 0 Å². The predicted octanol–water partition coefficient (Wildman–Crippen LogP) is 1.72. The van der Waals surface area contributed by atoms with Crippen LogP contribution in [0.2, 0.25) is 0 Å². The van der Waals surface area contributed by atoms with Gasteiger partial charge in [0, 0.05) is 19.0 Å². The van der Waals surface area contributed by atoms with Crippen molar-refractivity contribution in [1.82, 2.24) is 4.90 Å². The topological polar surface area (TPSA) is 20.3 Å². The first-order valence-electron chi connectivity index (χ1n) is 3.79. The Kier molecular flexibility index (Phi) is 1.89. The molecule has 0 aromatic rings. The van der Waals surface area contributed by atoms with Crippen molar-refractivity contribution in [1.29, 1.82) is 0 Å². The van der Waals surface area contributed by atoms with Gasteiger partial charge in [-0.2, -0.15) is 0 Å². The minimum absolute atomic E-state index is 0.291. The molecule has 0 spiro atoms. The third-order valence-electron chi connectivity index (χ3n) is 2.56. The van der Waals surface area contributed by atoms with Gasteiger partial charge in [0.05, 0.1) is 0 Å². The Hall–Kier alpha value is 0.590. The van der Waals surface area contributed by atoms with E-state index in [1.807, 2.05) is 0 Å². The van der Waals surface area contributed by atoms with Crippen molar-refractivity contribution in [2.45, 2.75) is 16.2 Å². The van der Waals surface area contributed by atoms with E-state index in [0.29, 0.717) is 11.7 Å². The van der Waals surface area contributed by atoms with E-state index < -0.39 is 3.36 Å². The number of Topliss-reactive ketones (excluding diaryl/α,β-unsaturated/α-hetero) is 1. The van der Waals surface area contributed by atoms with E-state index in [9.17, 15) is 4.79 Å². The fraction of sp³-hybridized carbons (Fsp3) is 0.857. The molecular weight excluding hydrogens is 274 g/mol. The van der Waals surface area contributed by atoms with Gasteiger partial charge in [0.15, 0.2) is 9.14 Å². The number of piperidine rings is 3. The van der Waals surface area contributed by atoms with Gasteiger partial charge in [-0.25, -0.2) is 0 Å².